The molecular formula is C25H24N4O4S. The van der Waals surface area contributed by atoms with Gasteiger partial charge in [0, 0.05) is 24.9 Å². The number of anilines is 2. The molecule has 0 spiro atoms. The summed E-state index contributed by atoms with van der Waals surface area (Å²) in [5.74, 6) is 0.342. The lowest BCUT2D eigenvalue weighted by Gasteiger charge is -2.26. The molecule has 0 saturated heterocycles. The maximum Gasteiger partial charge on any atom is 0.264 e. The molecule has 0 aliphatic rings. The van der Waals surface area contributed by atoms with Gasteiger partial charge in [0.05, 0.1) is 24.2 Å². The highest BCUT2D eigenvalue weighted by Crippen LogP contribution is 2.33. The van der Waals surface area contributed by atoms with Crippen LogP contribution in [0.2, 0.25) is 0 Å². The van der Waals surface area contributed by atoms with Gasteiger partial charge in [-0.2, -0.15) is 5.10 Å². The smallest absolute Gasteiger partial charge is 0.264 e. The lowest BCUT2D eigenvalue weighted by molar-refractivity contribution is 0.102. The van der Waals surface area contributed by atoms with Gasteiger partial charge in [-0.25, -0.2) is 8.42 Å². The molecule has 174 valence electrons. The number of hydrogen-bond donors (Lipinski definition) is 1. The Hall–Kier alpha value is -4.11. The monoisotopic (exact) mass is 476 g/mol. The number of rotatable bonds is 8. The highest BCUT2D eigenvalue weighted by molar-refractivity contribution is 7.92. The molecule has 0 aliphatic heterocycles. The van der Waals surface area contributed by atoms with E-state index in [2.05, 4.69) is 10.4 Å². The summed E-state index contributed by atoms with van der Waals surface area (Å²) in [6, 6.07) is 23.8. The molecule has 9 heteroatoms. The Morgan fingerprint density at radius 2 is 1.74 bits per heavy atom. The zero-order valence-electron chi connectivity index (χ0n) is 18.8. The number of benzene rings is 3. The minimum atomic E-state index is -4.06. The highest BCUT2D eigenvalue weighted by atomic mass is 32.2. The topological polar surface area (TPSA) is 93.5 Å². The molecule has 8 nitrogen and oxygen atoms in total. The Bertz CT molecular complexity index is 1400. The van der Waals surface area contributed by atoms with E-state index in [4.69, 9.17) is 4.74 Å². The van der Waals surface area contributed by atoms with Crippen LogP contribution in [0.5, 0.6) is 5.75 Å². The molecule has 1 aromatic heterocycles. The van der Waals surface area contributed by atoms with E-state index in [0.29, 0.717) is 17.3 Å². The second-order valence-electron chi connectivity index (χ2n) is 7.53. The Labute approximate surface area is 198 Å². The third-order valence-electron chi connectivity index (χ3n) is 5.16. The summed E-state index contributed by atoms with van der Waals surface area (Å²) in [5.41, 5.74) is 1.41. The Morgan fingerprint density at radius 3 is 2.44 bits per heavy atom. The zero-order valence-corrected chi connectivity index (χ0v) is 19.6. The third kappa shape index (κ3) is 4.94. The fourth-order valence-electron chi connectivity index (χ4n) is 3.48. The molecule has 0 radical (unpaired) electrons. The lowest BCUT2D eigenvalue weighted by atomic mass is 10.2. The molecule has 0 unspecified atom stereocenters. The number of aryl methyl sites for hydroxylation is 1. The fraction of sp³-hybridized carbons (Fsp3) is 0.120. The summed E-state index contributed by atoms with van der Waals surface area (Å²) in [6.45, 7) is 0.0912. The van der Waals surface area contributed by atoms with Gasteiger partial charge in [0.15, 0.2) is 5.82 Å². The first-order chi connectivity index (χ1) is 16.4. The SMILES string of the molecule is COc1ccccc1N(Cc1ccccc1)S(=O)(=O)c1cccc(C(=O)Nc2ccn(C)n2)c1. The van der Waals surface area contributed by atoms with Gasteiger partial charge in [-0.3, -0.25) is 13.8 Å². The van der Waals surface area contributed by atoms with Crippen LogP contribution < -0.4 is 14.4 Å². The summed E-state index contributed by atoms with van der Waals surface area (Å²) in [6.07, 6.45) is 1.70. The first-order valence-electron chi connectivity index (χ1n) is 10.5. The average Bonchev–Trinajstić information content (AvgIpc) is 3.27. The number of para-hydroxylation sites is 2. The van der Waals surface area contributed by atoms with E-state index in [1.807, 2.05) is 30.3 Å². The maximum atomic E-state index is 13.9. The summed E-state index contributed by atoms with van der Waals surface area (Å²) >= 11 is 0. The number of carbonyl (C=O) groups is 1. The zero-order chi connectivity index (χ0) is 24.1. The van der Waals surface area contributed by atoms with Crippen LogP contribution in [0.3, 0.4) is 0 Å². The lowest BCUT2D eigenvalue weighted by Crippen LogP contribution is -2.31. The van der Waals surface area contributed by atoms with Crippen molar-refractivity contribution in [2.24, 2.45) is 7.05 Å². The van der Waals surface area contributed by atoms with Gasteiger partial charge in [0.1, 0.15) is 5.75 Å². The van der Waals surface area contributed by atoms with Crippen LogP contribution in [-0.4, -0.2) is 31.2 Å². The minimum Gasteiger partial charge on any atom is -0.495 e. The van der Waals surface area contributed by atoms with Gasteiger partial charge in [-0.15, -0.1) is 0 Å². The largest absolute Gasteiger partial charge is 0.495 e. The van der Waals surface area contributed by atoms with Crippen molar-refractivity contribution in [3.8, 4) is 5.75 Å². The average molecular weight is 477 g/mol. The van der Waals surface area contributed by atoms with Gasteiger partial charge < -0.3 is 10.1 Å². The van der Waals surface area contributed by atoms with Crippen molar-refractivity contribution >= 4 is 27.4 Å². The van der Waals surface area contributed by atoms with E-state index < -0.39 is 15.9 Å². The van der Waals surface area contributed by atoms with Gasteiger partial charge in [0.2, 0.25) is 0 Å². The molecule has 0 atom stereocenters. The summed E-state index contributed by atoms with van der Waals surface area (Å²) in [4.78, 5) is 12.7. The molecule has 0 fully saturated rings. The number of amides is 1. The van der Waals surface area contributed by atoms with Crippen LogP contribution in [-0.2, 0) is 23.6 Å². The van der Waals surface area contributed by atoms with Crippen LogP contribution >= 0.6 is 0 Å². The van der Waals surface area contributed by atoms with Crippen molar-refractivity contribution in [2.45, 2.75) is 11.4 Å². The van der Waals surface area contributed by atoms with Crippen LogP contribution in [0.15, 0.2) is 96.0 Å². The van der Waals surface area contributed by atoms with Gasteiger partial charge in [-0.1, -0.05) is 48.5 Å². The third-order valence-corrected chi connectivity index (χ3v) is 6.92. The van der Waals surface area contributed by atoms with E-state index in [-0.39, 0.29) is 17.0 Å². The number of sulfonamides is 1. The highest BCUT2D eigenvalue weighted by Gasteiger charge is 2.28. The number of hydrogen-bond acceptors (Lipinski definition) is 5. The molecule has 1 amide bonds. The second kappa shape index (κ2) is 9.80. The molecule has 0 aliphatic carbocycles. The predicted molar refractivity (Wildman–Crippen MR) is 130 cm³/mol. The summed E-state index contributed by atoms with van der Waals surface area (Å²) in [7, 11) is -0.823. The van der Waals surface area contributed by atoms with Crippen molar-refractivity contribution in [1.29, 1.82) is 0 Å². The van der Waals surface area contributed by atoms with E-state index in [1.54, 1.807) is 60.4 Å². The van der Waals surface area contributed by atoms with E-state index >= 15 is 0 Å². The molecule has 0 saturated carbocycles. The predicted octanol–water partition coefficient (Wildman–Crippen LogP) is 4.08. The van der Waals surface area contributed by atoms with Gasteiger partial charge in [-0.05, 0) is 35.9 Å². The molecule has 34 heavy (non-hydrogen) atoms. The number of nitrogens with zero attached hydrogens (tertiary/aromatic N) is 3. The second-order valence-corrected chi connectivity index (χ2v) is 9.39. The number of nitrogens with one attached hydrogen (secondary N) is 1. The number of aromatic nitrogens is 2. The van der Waals surface area contributed by atoms with Crippen molar-refractivity contribution in [3.05, 3.63) is 102 Å². The van der Waals surface area contributed by atoms with Crippen molar-refractivity contribution in [2.75, 3.05) is 16.7 Å². The van der Waals surface area contributed by atoms with Crippen molar-refractivity contribution in [1.82, 2.24) is 9.78 Å². The molecular weight excluding hydrogens is 452 g/mol. The van der Waals surface area contributed by atoms with Crippen molar-refractivity contribution in [3.63, 3.8) is 0 Å². The summed E-state index contributed by atoms with van der Waals surface area (Å²) in [5, 5.41) is 6.80. The van der Waals surface area contributed by atoms with Crippen LogP contribution in [0.1, 0.15) is 15.9 Å². The Kier molecular flexibility index (Phi) is 6.65. The minimum absolute atomic E-state index is 0.0111. The van der Waals surface area contributed by atoms with Crippen LogP contribution in [0.25, 0.3) is 0 Å². The van der Waals surface area contributed by atoms with E-state index in [0.717, 1.165) is 5.56 Å². The fourth-order valence-corrected chi connectivity index (χ4v) is 4.99. The number of ether oxygens (including phenoxy) is 1. The first-order valence-corrected chi connectivity index (χ1v) is 11.9. The normalized spacial score (nSPS) is 11.1. The molecule has 3 aromatic carbocycles. The van der Waals surface area contributed by atoms with Gasteiger partial charge in [0.25, 0.3) is 15.9 Å². The Balaban J connectivity index is 1.73. The standard InChI is InChI=1S/C25H24N4O4S/c1-28-16-15-24(27-28)26-25(30)20-11-8-12-21(17-20)34(31,32)29(18-19-9-4-3-5-10-19)22-13-6-7-14-23(22)33-2/h3-17H,18H2,1-2H3,(H,26,27,30). The number of methoxy groups -OCH3 is 1. The molecule has 4 aromatic rings. The molecule has 1 N–H and O–H groups in total. The van der Waals surface area contributed by atoms with Crippen LogP contribution in [0, 0.1) is 0 Å². The first kappa shape index (κ1) is 23.1. The summed E-state index contributed by atoms with van der Waals surface area (Å²) < 4.78 is 36.0. The molecule has 0 bridgehead atoms. The van der Waals surface area contributed by atoms with Crippen molar-refractivity contribution < 1.29 is 17.9 Å². The quantitative estimate of drug-likeness (QED) is 0.414. The Morgan fingerprint density at radius 1 is 1.00 bits per heavy atom. The van der Waals surface area contributed by atoms with Crippen LogP contribution in [0.4, 0.5) is 11.5 Å². The van der Waals surface area contributed by atoms with E-state index in [9.17, 15) is 13.2 Å². The molecule has 4 rings (SSSR count). The van der Waals surface area contributed by atoms with Gasteiger partial charge >= 0.3 is 0 Å². The van der Waals surface area contributed by atoms with E-state index in [1.165, 1.54) is 23.5 Å². The maximum absolute atomic E-state index is 13.9. The number of carbonyl (C=O) groups excluding carboxylic acids is 1. The molecule has 1 heterocycles.